The van der Waals surface area contributed by atoms with Gasteiger partial charge in [-0.25, -0.2) is 9.59 Å². The third kappa shape index (κ3) is 4.94. The minimum atomic E-state index is -0.393. The summed E-state index contributed by atoms with van der Waals surface area (Å²) in [7, 11) is 3.03. The number of hydrogen-bond donors (Lipinski definition) is 1. The minimum Gasteiger partial charge on any atom is -0.465 e. The number of benzene rings is 1. The van der Waals surface area contributed by atoms with E-state index >= 15 is 0 Å². The molecule has 0 aromatic heterocycles. The van der Waals surface area contributed by atoms with Crippen molar-refractivity contribution in [2.24, 2.45) is 0 Å². The third-order valence-corrected chi connectivity index (χ3v) is 3.83. The summed E-state index contributed by atoms with van der Waals surface area (Å²) in [6, 6.07) is 6.52. The van der Waals surface area contributed by atoms with Crippen molar-refractivity contribution in [3.63, 3.8) is 0 Å². The molecule has 0 aliphatic carbocycles. The van der Waals surface area contributed by atoms with Crippen molar-refractivity contribution in [1.29, 1.82) is 0 Å². The van der Waals surface area contributed by atoms with Crippen LogP contribution in [0.15, 0.2) is 24.3 Å². The average Bonchev–Trinajstić information content (AvgIpc) is 2.60. The lowest BCUT2D eigenvalue weighted by Crippen LogP contribution is -2.50. The standard InChI is InChI=1S/C16H23N3O4/c1-22-12-11-18-7-9-19(10-8-18)16(21)17-14-5-3-13(4-6-14)15(20)23-2/h3-6H,7-12H2,1-2H3,(H,17,21). The summed E-state index contributed by atoms with van der Waals surface area (Å²) in [5.74, 6) is -0.393. The lowest BCUT2D eigenvalue weighted by Gasteiger charge is -2.34. The van der Waals surface area contributed by atoms with E-state index in [0.29, 0.717) is 30.9 Å². The molecule has 7 nitrogen and oxygen atoms in total. The molecule has 2 rings (SSSR count). The zero-order chi connectivity index (χ0) is 16.7. The van der Waals surface area contributed by atoms with Crippen LogP contribution in [0.4, 0.5) is 10.5 Å². The highest BCUT2D eigenvalue weighted by atomic mass is 16.5. The first kappa shape index (κ1) is 17.2. The van der Waals surface area contributed by atoms with Crippen molar-refractivity contribution in [1.82, 2.24) is 9.80 Å². The summed E-state index contributed by atoms with van der Waals surface area (Å²) in [4.78, 5) is 27.7. The number of anilines is 1. The van der Waals surface area contributed by atoms with Crippen molar-refractivity contribution in [2.75, 3.05) is 58.9 Å². The van der Waals surface area contributed by atoms with E-state index in [2.05, 4.69) is 15.0 Å². The smallest absolute Gasteiger partial charge is 0.337 e. The molecule has 1 heterocycles. The Hall–Kier alpha value is -2.12. The molecular formula is C16H23N3O4. The summed E-state index contributed by atoms with van der Waals surface area (Å²) >= 11 is 0. The first-order valence-electron chi connectivity index (χ1n) is 7.59. The lowest BCUT2D eigenvalue weighted by atomic mass is 10.2. The third-order valence-electron chi connectivity index (χ3n) is 3.83. The Kier molecular flexibility index (Phi) is 6.37. The second-order valence-corrected chi connectivity index (χ2v) is 5.32. The van der Waals surface area contributed by atoms with Gasteiger partial charge in [-0.15, -0.1) is 0 Å². The van der Waals surface area contributed by atoms with E-state index in [9.17, 15) is 9.59 Å². The molecule has 1 saturated heterocycles. The topological polar surface area (TPSA) is 71.1 Å². The minimum absolute atomic E-state index is 0.123. The highest BCUT2D eigenvalue weighted by Crippen LogP contribution is 2.12. The number of nitrogens with zero attached hydrogens (tertiary/aromatic N) is 2. The molecule has 0 spiro atoms. The molecule has 1 aliphatic rings. The van der Waals surface area contributed by atoms with Crippen molar-refractivity contribution in [2.45, 2.75) is 0 Å². The van der Waals surface area contributed by atoms with Gasteiger partial charge >= 0.3 is 12.0 Å². The molecule has 7 heteroatoms. The van der Waals surface area contributed by atoms with Crippen molar-refractivity contribution in [3.05, 3.63) is 29.8 Å². The highest BCUT2D eigenvalue weighted by molar-refractivity contribution is 5.92. The van der Waals surface area contributed by atoms with Crippen LogP contribution in [-0.2, 0) is 9.47 Å². The molecular weight excluding hydrogens is 298 g/mol. The number of amides is 2. The van der Waals surface area contributed by atoms with Crippen LogP contribution < -0.4 is 5.32 Å². The molecule has 0 saturated carbocycles. The van der Waals surface area contributed by atoms with E-state index in [-0.39, 0.29) is 6.03 Å². The van der Waals surface area contributed by atoms with Gasteiger partial charge in [0, 0.05) is 45.5 Å². The average molecular weight is 321 g/mol. The predicted molar refractivity (Wildman–Crippen MR) is 86.7 cm³/mol. The molecule has 126 valence electrons. The number of piperazine rings is 1. The van der Waals surface area contributed by atoms with Crippen molar-refractivity contribution < 1.29 is 19.1 Å². The van der Waals surface area contributed by atoms with Gasteiger partial charge in [0.2, 0.25) is 0 Å². The maximum Gasteiger partial charge on any atom is 0.337 e. The van der Waals surface area contributed by atoms with E-state index in [0.717, 1.165) is 19.6 Å². The normalized spacial score (nSPS) is 15.3. The number of nitrogens with one attached hydrogen (secondary N) is 1. The molecule has 23 heavy (non-hydrogen) atoms. The molecule has 1 aliphatic heterocycles. The van der Waals surface area contributed by atoms with E-state index in [1.165, 1.54) is 7.11 Å². The maximum absolute atomic E-state index is 12.2. The van der Waals surface area contributed by atoms with Crippen molar-refractivity contribution >= 4 is 17.7 Å². The van der Waals surface area contributed by atoms with Gasteiger partial charge in [0.1, 0.15) is 0 Å². The Labute approximate surface area is 136 Å². The fourth-order valence-corrected chi connectivity index (χ4v) is 2.40. The number of esters is 1. The van der Waals surface area contributed by atoms with Gasteiger partial charge in [-0.3, -0.25) is 4.90 Å². The molecule has 0 unspecified atom stereocenters. The SMILES string of the molecule is COCCN1CCN(C(=O)Nc2ccc(C(=O)OC)cc2)CC1. The van der Waals surface area contributed by atoms with E-state index in [1.807, 2.05) is 0 Å². The fraction of sp³-hybridized carbons (Fsp3) is 0.500. The van der Waals surface area contributed by atoms with Gasteiger partial charge in [0.15, 0.2) is 0 Å². The van der Waals surface area contributed by atoms with Crippen molar-refractivity contribution in [3.8, 4) is 0 Å². The summed E-state index contributed by atoms with van der Waals surface area (Å²) in [6.45, 7) is 4.67. The molecule has 2 amide bonds. The molecule has 0 radical (unpaired) electrons. The van der Waals surface area contributed by atoms with Crippen LogP contribution in [0.1, 0.15) is 10.4 Å². The van der Waals surface area contributed by atoms with Crippen LogP contribution in [0.5, 0.6) is 0 Å². The molecule has 0 bridgehead atoms. The first-order valence-corrected chi connectivity index (χ1v) is 7.59. The largest absolute Gasteiger partial charge is 0.465 e. The van der Waals surface area contributed by atoms with Gasteiger partial charge in [-0.2, -0.15) is 0 Å². The van der Waals surface area contributed by atoms with E-state index in [4.69, 9.17) is 4.74 Å². The van der Waals surface area contributed by atoms with Crippen LogP contribution in [0.2, 0.25) is 0 Å². The van der Waals surface area contributed by atoms with E-state index in [1.54, 1.807) is 36.3 Å². The molecule has 1 N–H and O–H groups in total. The molecule has 1 fully saturated rings. The fourth-order valence-electron chi connectivity index (χ4n) is 2.40. The molecule has 0 atom stereocenters. The van der Waals surface area contributed by atoms with Crippen LogP contribution in [0, 0.1) is 0 Å². The maximum atomic E-state index is 12.2. The second-order valence-electron chi connectivity index (χ2n) is 5.32. The number of carbonyl (C=O) groups excluding carboxylic acids is 2. The lowest BCUT2D eigenvalue weighted by molar-refractivity contribution is 0.0600. The first-order chi connectivity index (χ1) is 11.1. The molecule has 1 aromatic rings. The second kappa shape index (κ2) is 8.50. The predicted octanol–water partition coefficient (Wildman–Crippen LogP) is 1.27. The van der Waals surface area contributed by atoms with Gasteiger partial charge in [-0.05, 0) is 24.3 Å². The van der Waals surface area contributed by atoms with E-state index < -0.39 is 5.97 Å². The number of ether oxygens (including phenoxy) is 2. The zero-order valence-electron chi connectivity index (χ0n) is 13.6. The van der Waals surface area contributed by atoms with Crippen LogP contribution in [-0.4, -0.2) is 75.4 Å². The monoisotopic (exact) mass is 321 g/mol. The van der Waals surface area contributed by atoms with Gasteiger partial charge in [0.05, 0.1) is 19.3 Å². The van der Waals surface area contributed by atoms with Crippen LogP contribution >= 0.6 is 0 Å². The van der Waals surface area contributed by atoms with Crippen LogP contribution in [0.25, 0.3) is 0 Å². The Bertz CT molecular complexity index is 525. The zero-order valence-corrected chi connectivity index (χ0v) is 13.6. The van der Waals surface area contributed by atoms with Gasteiger partial charge < -0.3 is 19.7 Å². The number of carbonyl (C=O) groups is 2. The number of urea groups is 1. The highest BCUT2D eigenvalue weighted by Gasteiger charge is 2.20. The molecule has 1 aromatic carbocycles. The summed E-state index contributed by atoms with van der Waals surface area (Å²) in [5.41, 5.74) is 1.11. The Morgan fingerprint density at radius 3 is 2.30 bits per heavy atom. The van der Waals surface area contributed by atoms with Crippen LogP contribution in [0.3, 0.4) is 0 Å². The summed E-state index contributed by atoms with van der Waals surface area (Å²) in [5, 5.41) is 2.85. The Balaban J connectivity index is 1.82. The number of rotatable bonds is 5. The Morgan fingerprint density at radius 2 is 1.74 bits per heavy atom. The number of hydrogen-bond acceptors (Lipinski definition) is 5. The van der Waals surface area contributed by atoms with Gasteiger partial charge in [0.25, 0.3) is 0 Å². The van der Waals surface area contributed by atoms with Gasteiger partial charge in [-0.1, -0.05) is 0 Å². The quantitative estimate of drug-likeness (QED) is 0.827. The number of methoxy groups -OCH3 is 2. The summed E-state index contributed by atoms with van der Waals surface area (Å²) < 4.78 is 9.71. The Morgan fingerprint density at radius 1 is 1.09 bits per heavy atom. The summed E-state index contributed by atoms with van der Waals surface area (Å²) in [6.07, 6.45) is 0.